The molecule has 0 aliphatic heterocycles. The number of carbonyl (C=O) groups is 1. The number of sulfonamides is 2. The van der Waals surface area contributed by atoms with Gasteiger partial charge in [0.15, 0.2) is 0 Å². The molecule has 0 bridgehead atoms. The molecular formula is C22H31N3O6S2. The van der Waals surface area contributed by atoms with E-state index in [1.54, 1.807) is 39.0 Å². The van der Waals surface area contributed by atoms with Crippen LogP contribution in [0.5, 0.6) is 5.75 Å². The second kappa shape index (κ2) is 11.6. The average Bonchev–Trinajstić information content (AvgIpc) is 2.75. The Bertz CT molecular complexity index is 1160. The maximum absolute atomic E-state index is 13.0. The normalized spacial score (nSPS) is 12.0. The molecule has 0 saturated heterocycles. The molecule has 0 saturated carbocycles. The van der Waals surface area contributed by atoms with Crippen molar-refractivity contribution in [3.05, 3.63) is 48.0 Å². The van der Waals surface area contributed by atoms with Crippen molar-refractivity contribution in [2.75, 3.05) is 31.6 Å². The van der Waals surface area contributed by atoms with Gasteiger partial charge in [-0.1, -0.05) is 31.5 Å². The lowest BCUT2D eigenvalue weighted by Crippen LogP contribution is -2.31. The number of ether oxygens (including phenoxy) is 1. The molecule has 0 radical (unpaired) electrons. The largest absolute Gasteiger partial charge is 0.492 e. The summed E-state index contributed by atoms with van der Waals surface area (Å²) in [4.78, 5) is 12.4. The summed E-state index contributed by atoms with van der Waals surface area (Å²) < 4.78 is 59.9. The number of rotatable bonds is 12. The fourth-order valence-electron chi connectivity index (χ4n) is 3.09. The number of hydrogen-bond donors (Lipinski definition) is 2. The Labute approximate surface area is 196 Å². The van der Waals surface area contributed by atoms with Gasteiger partial charge in [0.2, 0.25) is 26.0 Å². The molecule has 2 aromatic carbocycles. The standard InChI is InChI=1S/C22H31N3O6S2/c1-5-25(6-2)33(29,30)21-16-18(10-13-20(21)31-7-3)24-22(26)14-15-23-32(27,28)19-11-8-17(4)9-12-19/h8-13,16,23H,5-7,14-15H2,1-4H3,(H,24,26). The Balaban J connectivity index is 2.10. The zero-order chi connectivity index (χ0) is 24.6. The summed E-state index contributed by atoms with van der Waals surface area (Å²) in [6.45, 7) is 7.85. The van der Waals surface area contributed by atoms with Crippen LogP contribution in [0.2, 0.25) is 0 Å². The molecule has 2 N–H and O–H groups in total. The predicted octanol–water partition coefficient (Wildman–Crippen LogP) is 2.73. The van der Waals surface area contributed by atoms with Crippen molar-refractivity contribution in [1.29, 1.82) is 0 Å². The smallest absolute Gasteiger partial charge is 0.246 e. The van der Waals surface area contributed by atoms with Crippen molar-refractivity contribution >= 4 is 31.6 Å². The number of aryl methyl sites for hydroxylation is 1. The highest BCUT2D eigenvalue weighted by Gasteiger charge is 2.26. The average molecular weight is 498 g/mol. The monoisotopic (exact) mass is 497 g/mol. The molecule has 33 heavy (non-hydrogen) atoms. The lowest BCUT2D eigenvalue weighted by molar-refractivity contribution is -0.116. The molecule has 0 aliphatic rings. The van der Waals surface area contributed by atoms with Crippen LogP contribution < -0.4 is 14.8 Å². The Hall–Kier alpha value is -2.47. The quantitative estimate of drug-likeness (QED) is 0.465. The van der Waals surface area contributed by atoms with Gasteiger partial charge in [-0.25, -0.2) is 21.6 Å². The maximum atomic E-state index is 13.0. The molecule has 0 atom stereocenters. The van der Waals surface area contributed by atoms with Gasteiger partial charge in [-0.15, -0.1) is 0 Å². The van der Waals surface area contributed by atoms with Crippen molar-refractivity contribution in [2.24, 2.45) is 0 Å². The molecule has 0 aliphatic carbocycles. The fourth-order valence-corrected chi connectivity index (χ4v) is 5.73. The van der Waals surface area contributed by atoms with Crippen LogP contribution >= 0.6 is 0 Å². The van der Waals surface area contributed by atoms with E-state index in [0.717, 1.165) is 5.56 Å². The van der Waals surface area contributed by atoms with E-state index in [1.807, 2.05) is 6.92 Å². The number of amides is 1. The number of hydrogen-bond acceptors (Lipinski definition) is 6. The fraction of sp³-hybridized carbons (Fsp3) is 0.409. The van der Waals surface area contributed by atoms with Gasteiger partial charge in [-0.05, 0) is 44.2 Å². The van der Waals surface area contributed by atoms with Crippen molar-refractivity contribution in [3.63, 3.8) is 0 Å². The van der Waals surface area contributed by atoms with Crippen LogP contribution in [-0.4, -0.2) is 53.3 Å². The minimum Gasteiger partial charge on any atom is -0.492 e. The summed E-state index contributed by atoms with van der Waals surface area (Å²) >= 11 is 0. The SMILES string of the molecule is CCOc1ccc(NC(=O)CCNS(=O)(=O)c2ccc(C)cc2)cc1S(=O)(=O)N(CC)CC. The van der Waals surface area contributed by atoms with Gasteiger partial charge in [0.05, 0.1) is 11.5 Å². The molecule has 1 amide bonds. The van der Waals surface area contributed by atoms with E-state index in [1.165, 1.54) is 28.6 Å². The summed E-state index contributed by atoms with van der Waals surface area (Å²) in [5.41, 5.74) is 1.21. The van der Waals surface area contributed by atoms with Gasteiger partial charge in [-0.2, -0.15) is 4.31 Å². The molecule has 182 valence electrons. The molecule has 9 nitrogen and oxygen atoms in total. The highest BCUT2D eigenvalue weighted by molar-refractivity contribution is 7.89. The van der Waals surface area contributed by atoms with Crippen LogP contribution in [-0.2, 0) is 24.8 Å². The van der Waals surface area contributed by atoms with E-state index < -0.39 is 26.0 Å². The Morgan fingerprint density at radius 1 is 0.970 bits per heavy atom. The van der Waals surface area contributed by atoms with E-state index in [-0.39, 0.29) is 40.8 Å². The Morgan fingerprint density at radius 3 is 2.18 bits per heavy atom. The maximum Gasteiger partial charge on any atom is 0.246 e. The zero-order valence-corrected chi connectivity index (χ0v) is 20.9. The molecule has 0 heterocycles. The summed E-state index contributed by atoms with van der Waals surface area (Å²) in [7, 11) is -7.55. The van der Waals surface area contributed by atoms with Crippen LogP contribution in [0.4, 0.5) is 5.69 Å². The predicted molar refractivity (Wildman–Crippen MR) is 127 cm³/mol. The number of nitrogens with one attached hydrogen (secondary N) is 2. The van der Waals surface area contributed by atoms with Gasteiger partial charge in [-0.3, -0.25) is 4.79 Å². The van der Waals surface area contributed by atoms with Crippen LogP contribution in [0.3, 0.4) is 0 Å². The lowest BCUT2D eigenvalue weighted by atomic mass is 10.2. The molecule has 0 fully saturated rings. The minimum absolute atomic E-state index is 0.0362. The van der Waals surface area contributed by atoms with Crippen molar-refractivity contribution < 1.29 is 26.4 Å². The second-order valence-corrected chi connectivity index (χ2v) is 10.9. The van der Waals surface area contributed by atoms with Gasteiger partial charge in [0.25, 0.3) is 0 Å². The first kappa shape index (κ1) is 26.8. The summed E-state index contributed by atoms with van der Waals surface area (Å²) in [5.74, 6) is -0.259. The van der Waals surface area contributed by atoms with E-state index in [2.05, 4.69) is 10.0 Å². The van der Waals surface area contributed by atoms with Crippen molar-refractivity contribution in [1.82, 2.24) is 9.03 Å². The van der Waals surface area contributed by atoms with Crippen LogP contribution in [0.15, 0.2) is 52.3 Å². The highest BCUT2D eigenvalue weighted by Crippen LogP contribution is 2.30. The van der Waals surface area contributed by atoms with E-state index in [0.29, 0.717) is 13.1 Å². The van der Waals surface area contributed by atoms with E-state index in [4.69, 9.17) is 4.74 Å². The van der Waals surface area contributed by atoms with E-state index >= 15 is 0 Å². The van der Waals surface area contributed by atoms with Crippen LogP contribution in [0.1, 0.15) is 32.8 Å². The van der Waals surface area contributed by atoms with Crippen molar-refractivity contribution in [2.45, 2.75) is 43.9 Å². The zero-order valence-electron chi connectivity index (χ0n) is 19.3. The van der Waals surface area contributed by atoms with Gasteiger partial charge >= 0.3 is 0 Å². The molecular weight excluding hydrogens is 466 g/mol. The number of anilines is 1. The highest BCUT2D eigenvalue weighted by atomic mass is 32.2. The third-order valence-electron chi connectivity index (χ3n) is 4.83. The summed E-state index contributed by atoms with van der Waals surface area (Å²) in [5, 5.41) is 2.62. The van der Waals surface area contributed by atoms with Gasteiger partial charge in [0, 0.05) is 31.7 Å². The molecule has 11 heteroatoms. The third-order valence-corrected chi connectivity index (χ3v) is 8.37. The first-order valence-corrected chi connectivity index (χ1v) is 13.6. The van der Waals surface area contributed by atoms with Crippen LogP contribution in [0, 0.1) is 6.92 Å². The van der Waals surface area contributed by atoms with Gasteiger partial charge in [0.1, 0.15) is 10.6 Å². The first-order valence-electron chi connectivity index (χ1n) is 10.7. The van der Waals surface area contributed by atoms with E-state index in [9.17, 15) is 21.6 Å². The number of carbonyl (C=O) groups excluding carboxylic acids is 1. The Morgan fingerprint density at radius 2 is 1.61 bits per heavy atom. The summed E-state index contributed by atoms with van der Waals surface area (Å²) in [6, 6.07) is 10.8. The first-order chi connectivity index (χ1) is 15.5. The minimum atomic E-state index is -3.82. The number of nitrogens with zero attached hydrogens (tertiary/aromatic N) is 1. The topological polar surface area (TPSA) is 122 Å². The summed E-state index contributed by atoms with van der Waals surface area (Å²) in [6.07, 6.45) is -0.129. The molecule has 0 spiro atoms. The molecule has 0 unspecified atom stereocenters. The van der Waals surface area contributed by atoms with Crippen LogP contribution in [0.25, 0.3) is 0 Å². The van der Waals surface area contributed by atoms with Crippen molar-refractivity contribution in [3.8, 4) is 5.75 Å². The third kappa shape index (κ3) is 7.00. The molecule has 2 rings (SSSR count). The second-order valence-electron chi connectivity index (χ2n) is 7.19. The Kier molecular flexibility index (Phi) is 9.41. The lowest BCUT2D eigenvalue weighted by Gasteiger charge is -2.21. The number of benzene rings is 2. The van der Waals surface area contributed by atoms with Gasteiger partial charge < -0.3 is 10.1 Å². The molecule has 0 aromatic heterocycles. The molecule has 2 aromatic rings.